The fourth-order valence-corrected chi connectivity index (χ4v) is 0.521. The van der Waals surface area contributed by atoms with E-state index in [2.05, 4.69) is 11.2 Å². The highest BCUT2D eigenvalue weighted by molar-refractivity contribution is 5.92. The molecule has 0 saturated carbocycles. The lowest BCUT2D eigenvalue weighted by Crippen LogP contribution is -2.18. The van der Waals surface area contributed by atoms with Crippen molar-refractivity contribution in [2.45, 2.75) is 0 Å². The first kappa shape index (κ1) is 6.70. The minimum absolute atomic E-state index is 0.331. The molecule has 4 heteroatoms. The van der Waals surface area contributed by atoms with Gasteiger partial charge in [0, 0.05) is 11.8 Å². The summed E-state index contributed by atoms with van der Waals surface area (Å²) in [5.41, 5.74) is 1.83. The molecule has 0 aliphatic carbocycles. The van der Waals surface area contributed by atoms with Crippen LogP contribution >= 0.6 is 0 Å². The van der Waals surface area contributed by atoms with Crippen LogP contribution in [0.3, 0.4) is 0 Å². The van der Waals surface area contributed by atoms with E-state index in [1.807, 2.05) is 0 Å². The van der Waals surface area contributed by atoms with Crippen molar-refractivity contribution in [3.05, 3.63) is 30.1 Å². The number of nitrogens with one attached hydrogen (secondary N) is 1. The van der Waals surface area contributed by atoms with Crippen LogP contribution in [0, 0.1) is 6.20 Å². The summed E-state index contributed by atoms with van der Waals surface area (Å²) in [7, 11) is 0. The Morgan fingerprint density at radius 3 is 3.10 bits per heavy atom. The maximum atomic E-state index is 10.6. The fraction of sp³-hybridized carbons (Fsp3) is 0. The molecule has 0 aliphatic rings. The van der Waals surface area contributed by atoms with Gasteiger partial charge >= 0.3 is 0 Å². The van der Waals surface area contributed by atoms with Gasteiger partial charge in [0.2, 0.25) is 0 Å². The van der Waals surface area contributed by atoms with Crippen LogP contribution in [-0.2, 0) is 0 Å². The van der Waals surface area contributed by atoms with Gasteiger partial charge in [-0.05, 0) is 12.1 Å². The maximum Gasteiger partial charge on any atom is 0.274 e. The van der Waals surface area contributed by atoms with Crippen LogP contribution in [-0.4, -0.2) is 16.1 Å². The molecule has 0 saturated heterocycles. The summed E-state index contributed by atoms with van der Waals surface area (Å²) in [5, 5.41) is 8.15. The molecule has 1 rings (SSSR count). The minimum atomic E-state index is -0.557. The number of amides is 1. The minimum Gasteiger partial charge on any atom is -0.288 e. The van der Waals surface area contributed by atoms with Gasteiger partial charge in [-0.2, -0.15) is 0 Å². The van der Waals surface area contributed by atoms with Gasteiger partial charge in [-0.3, -0.25) is 15.0 Å². The molecule has 1 heterocycles. The highest BCUT2D eigenvalue weighted by Gasteiger charge is 2.00. The molecule has 0 unspecified atom stereocenters. The first-order valence-corrected chi connectivity index (χ1v) is 2.61. The van der Waals surface area contributed by atoms with Gasteiger partial charge in [-0.1, -0.05) is 0 Å². The summed E-state index contributed by atoms with van der Waals surface area (Å²) >= 11 is 0. The van der Waals surface area contributed by atoms with E-state index in [1.54, 1.807) is 0 Å². The lowest BCUT2D eigenvalue weighted by atomic mass is 10.3. The van der Waals surface area contributed by atoms with Crippen LogP contribution in [0.4, 0.5) is 0 Å². The van der Waals surface area contributed by atoms with Gasteiger partial charge in [0.05, 0.1) is 6.20 Å². The van der Waals surface area contributed by atoms with Crippen molar-refractivity contribution in [3.63, 3.8) is 0 Å². The number of aromatic nitrogens is 1. The first-order valence-electron chi connectivity index (χ1n) is 2.61. The Bertz CT molecular complexity index is 222. The van der Waals surface area contributed by atoms with Crippen LogP contribution in [0.15, 0.2) is 18.3 Å². The summed E-state index contributed by atoms with van der Waals surface area (Å²) in [6.07, 6.45) is 3.88. The van der Waals surface area contributed by atoms with Crippen LogP contribution < -0.4 is 5.48 Å². The van der Waals surface area contributed by atoms with Crippen molar-refractivity contribution in [3.8, 4) is 0 Å². The second-order valence-corrected chi connectivity index (χ2v) is 1.61. The third-order valence-corrected chi connectivity index (χ3v) is 0.987. The average molecular weight is 137 g/mol. The normalized spacial score (nSPS) is 8.90. The summed E-state index contributed by atoms with van der Waals surface area (Å²) in [6, 6.07) is 2.85. The molecule has 0 spiro atoms. The molecular formula is C6H5N2O2. The number of pyridine rings is 1. The Labute approximate surface area is 57.5 Å². The van der Waals surface area contributed by atoms with E-state index in [-0.39, 0.29) is 0 Å². The van der Waals surface area contributed by atoms with E-state index < -0.39 is 5.91 Å². The number of hydroxylamine groups is 1. The van der Waals surface area contributed by atoms with E-state index in [9.17, 15) is 4.79 Å². The number of nitrogens with zero attached hydrogens (tertiary/aromatic N) is 1. The van der Waals surface area contributed by atoms with Crippen LogP contribution in [0.25, 0.3) is 0 Å². The van der Waals surface area contributed by atoms with E-state index in [4.69, 9.17) is 5.21 Å². The summed E-state index contributed by atoms with van der Waals surface area (Å²) in [5.74, 6) is -0.557. The number of carbonyl (C=O) groups excluding carboxylic acids is 1. The molecule has 1 aromatic heterocycles. The van der Waals surface area contributed by atoms with Crippen molar-refractivity contribution in [2.75, 3.05) is 0 Å². The molecular weight excluding hydrogens is 132 g/mol. The molecule has 10 heavy (non-hydrogen) atoms. The quantitative estimate of drug-likeness (QED) is 0.423. The van der Waals surface area contributed by atoms with Gasteiger partial charge in [0.1, 0.15) is 0 Å². The Balaban J connectivity index is 2.85. The second kappa shape index (κ2) is 2.93. The zero-order chi connectivity index (χ0) is 7.40. The molecule has 51 valence electrons. The van der Waals surface area contributed by atoms with Crippen molar-refractivity contribution < 1.29 is 10.0 Å². The topological polar surface area (TPSA) is 62.2 Å². The molecule has 0 aliphatic heterocycles. The highest BCUT2D eigenvalue weighted by Crippen LogP contribution is 1.93. The van der Waals surface area contributed by atoms with Gasteiger partial charge in [-0.15, -0.1) is 0 Å². The smallest absolute Gasteiger partial charge is 0.274 e. The zero-order valence-corrected chi connectivity index (χ0v) is 5.03. The highest BCUT2D eigenvalue weighted by atomic mass is 16.5. The van der Waals surface area contributed by atoms with Crippen molar-refractivity contribution in [1.29, 1.82) is 0 Å². The van der Waals surface area contributed by atoms with Gasteiger partial charge in [0.25, 0.3) is 5.91 Å². The summed E-state index contributed by atoms with van der Waals surface area (Å²) in [4.78, 5) is 14.2. The average Bonchev–Trinajstić information content (AvgIpc) is 2.05. The monoisotopic (exact) mass is 137 g/mol. The predicted molar refractivity (Wildman–Crippen MR) is 32.3 cm³/mol. The van der Waals surface area contributed by atoms with Gasteiger partial charge in [-0.25, -0.2) is 5.48 Å². The Hall–Kier alpha value is -1.42. The number of carbonyl (C=O) groups is 1. The van der Waals surface area contributed by atoms with E-state index in [0.717, 1.165) is 0 Å². The number of rotatable bonds is 1. The van der Waals surface area contributed by atoms with E-state index in [1.165, 1.54) is 23.8 Å². The maximum absolute atomic E-state index is 10.6. The van der Waals surface area contributed by atoms with E-state index >= 15 is 0 Å². The molecule has 1 amide bonds. The predicted octanol–water partition coefficient (Wildman–Crippen LogP) is 0.000790. The van der Waals surface area contributed by atoms with Crippen LogP contribution in [0.1, 0.15) is 10.4 Å². The molecule has 1 radical (unpaired) electrons. The zero-order valence-electron chi connectivity index (χ0n) is 5.03. The summed E-state index contributed by atoms with van der Waals surface area (Å²) in [6.45, 7) is 0. The summed E-state index contributed by atoms with van der Waals surface area (Å²) < 4.78 is 0. The van der Waals surface area contributed by atoms with Crippen LogP contribution in [0.5, 0.6) is 0 Å². The number of hydrogen-bond donors (Lipinski definition) is 2. The van der Waals surface area contributed by atoms with Gasteiger partial charge in [0.15, 0.2) is 0 Å². The van der Waals surface area contributed by atoms with Crippen molar-refractivity contribution >= 4 is 5.91 Å². The molecule has 2 N–H and O–H groups in total. The molecule has 0 bridgehead atoms. The van der Waals surface area contributed by atoms with Crippen LogP contribution in [0.2, 0.25) is 0 Å². The Morgan fingerprint density at radius 1 is 1.80 bits per heavy atom. The van der Waals surface area contributed by atoms with Crippen molar-refractivity contribution in [2.24, 2.45) is 0 Å². The van der Waals surface area contributed by atoms with Crippen molar-refractivity contribution in [1.82, 2.24) is 10.5 Å². The first-order chi connectivity index (χ1) is 4.84. The standard InChI is InChI=1S/C6H5N2O2/c9-6(8-10)5-1-3-7-4-2-5/h1-3,10H,(H,8,9). The largest absolute Gasteiger partial charge is 0.288 e. The third kappa shape index (κ3) is 1.29. The Morgan fingerprint density at radius 2 is 2.60 bits per heavy atom. The molecule has 1 aromatic rings. The molecule has 0 atom stereocenters. The van der Waals surface area contributed by atoms with Gasteiger partial charge < -0.3 is 0 Å². The third-order valence-electron chi connectivity index (χ3n) is 0.987. The lowest BCUT2D eigenvalue weighted by Gasteiger charge is -1.94. The van der Waals surface area contributed by atoms with E-state index in [0.29, 0.717) is 5.56 Å². The number of hydrogen-bond acceptors (Lipinski definition) is 3. The second-order valence-electron chi connectivity index (χ2n) is 1.61. The fourth-order valence-electron chi connectivity index (χ4n) is 0.521. The molecule has 4 nitrogen and oxygen atoms in total. The SMILES string of the molecule is O=C(NO)c1c[c]ncc1. The Kier molecular flexibility index (Phi) is 1.96. The molecule has 0 aromatic carbocycles. The molecule has 0 fully saturated rings. The lowest BCUT2D eigenvalue weighted by molar-refractivity contribution is 0.0706.